The van der Waals surface area contributed by atoms with Gasteiger partial charge < -0.3 is 0 Å². The summed E-state index contributed by atoms with van der Waals surface area (Å²) in [6.07, 6.45) is -1.77. The van der Waals surface area contributed by atoms with Crippen LogP contribution in [0.2, 0.25) is 0 Å². The minimum atomic E-state index is -2.46. The lowest BCUT2D eigenvalue weighted by Gasteiger charge is -2.03. The Bertz CT molecular complexity index is 271. The monoisotopic (exact) mass is 171 g/mol. The highest BCUT2D eigenvalue weighted by molar-refractivity contribution is 5.20. The zero-order chi connectivity index (χ0) is 9.14. The SMILES string of the molecule is CCc1cc(C)cc(C(F)F)n1. The maximum atomic E-state index is 12.2. The van der Waals surface area contributed by atoms with E-state index in [2.05, 4.69) is 4.98 Å². The van der Waals surface area contributed by atoms with Crippen molar-refractivity contribution in [2.75, 3.05) is 0 Å². The van der Waals surface area contributed by atoms with Crippen molar-refractivity contribution in [2.24, 2.45) is 0 Å². The fourth-order valence-electron chi connectivity index (χ4n) is 1.06. The summed E-state index contributed by atoms with van der Waals surface area (Å²) >= 11 is 0. The third-order valence-corrected chi connectivity index (χ3v) is 1.63. The molecular formula is C9H11F2N. The molecule has 0 saturated heterocycles. The smallest absolute Gasteiger partial charge is 0.252 e. The van der Waals surface area contributed by atoms with Gasteiger partial charge in [-0.25, -0.2) is 8.78 Å². The molecule has 1 nitrogen and oxygen atoms in total. The molecule has 0 aliphatic carbocycles. The van der Waals surface area contributed by atoms with Crippen molar-refractivity contribution >= 4 is 0 Å². The van der Waals surface area contributed by atoms with Gasteiger partial charge in [0, 0.05) is 5.69 Å². The van der Waals surface area contributed by atoms with Gasteiger partial charge in [0.15, 0.2) is 0 Å². The maximum Gasteiger partial charge on any atom is 0.280 e. The first kappa shape index (κ1) is 9.10. The Morgan fingerprint density at radius 1 is 1.42 bits per heavy atom. The summed E-state index contributed by atoms with van der Waals surface area (Å²) in [5, 5.41) is 0. The van der Waals surface area contributed by atoms with Gasteiger partial charge in [0.05, 0.1) is 0 Å². The lowest BCUT2D eigenvalue weighted by molar-refractivity contribution is 0.145. The van der Waals surface area contributed by atoms with Crippen molar-refractivity contribution in [3.8, 4) is 0 Å². The Kier molecular flexibility index (Phi) is 2.74. The molecule has 3 heteroatoms. The first-order valence-corrected chi connectivity index (χ1v) is 3.89. The van der Waals surface area contributed by atoms with Crippen LogP contribution in [0.5, 0.6) is 0 Å². The number of hydrogen-bond donors (Lipinski definition) is 0. The van der Waals surface area contributed by atoms with Crippen molar-refractivity contribution in [3.05, 3.63) is 29.1 Å². The molecule has 0 aromatic carbocycles. The van der Waals surface area contributed by atoms with Gasteiger partial charge in [0.2, 0.25) is 0 Å². The summed E-state index contributed by atoms with van der Waals surface area (Å²) in [6, 6.07) is 3.25. The van der Waals surface area contributed by atoms with Crippen LogP contribution in [-0.4, -0.2) is 4.98 Å². The van der Waals surface area contributed by atoms with Crippen LogP contribution < -0.4 is 0 Å². The molecule has 1 aromatic heterocycles. The molecule has 0 radical (unpaired) electrons. The molecule has 0 amide bonds. The van der Waals surface area contributed by atoms with E-state index in [1.807, 2.05) is 13.0 Å². The quantitative estimate of drug-likeness (QED) is 0.666. The van der Waals surface area contributed by atoms with E-state index in [4.69, 9.17) is 0 Å². The predicted octanol–water partition coefficient (Wildman–Crippen LogP) is 2.89. The predicted molar refractivity (Wildman–Crippen MR) is 43.3 cm³/mol. The van der Waals surface area contributed by atoms with Crippen LogP contribution in [0.4, 0.5) is 8.78 Å². The normalized spacial score (nSPS) is 10.8. The fraction of sp³-hybridized carbons (Fsp3) is 0.444. The molecule has 1 rings (SSSR count). The summed E-state index contributed by atoms with van der Waals surface area (Å²) in [7, 11) is 0. The van der Waals surface area contributed by atoms with Crippen LogP contribution in [-0.2, 0) is 6.42 Å². The number of aryl methyl sites for hydroxylation is 2. The van der Waals surface area contributed by atoms with Gasteiger partial charge in [-0.2, -0.15) is 0 Å². The van der Waals surface area contributed by atoms with Crippen molar-refractivity contribution in [1.29, 1.82) is 0 Å². The standard InChI is InChI=1S/C9H11F2N/c1-3-7-4-6(2)5-8(12-7)9(10)11/h4-5,9H,3H2,1-2H3. The number of rotatable bonds is 2. The Hall–Kier alpha value is -0.990. The number of aromatic nitrogens is 1. The summed E-state index contributed by atoms with van der Waals surface area (Å²) < 4.78 is 24.4. The Morgan fingerprint density at radius 3 is 2.58 bits per heavy atom. The molecule has 0 unspecified atom stereocenters. The van der Waals surface area contributed by atoms with E-state index in [-0.39, 0.29) is 5.69 Å². The van der Waals surface area contributed by atoms with E-state index in [1.54, 1.807) is 6.92 Å². The second-order valence-corrected chi connectivity index (χ2v) is 2.71. The molecule has 0 fully saturated rings. The van der Waals surface area contributed by atoms with E-state index in [0.29, 0.717) is 6.42 Å². The van der Waals surface area contributed by atoms with E-state index < -0.39 is 6.43 Å². The average Bonchev–Trinajstić information content (AvgIpc) is 2.03. The summed E-state index contributed by atoms with van der Waals surface area (Å²) in [4.78, 5) is 3.80. The molecule has 1 aromatic rings. The molecule has 0 spiro atoms. The van der Waals surface area contributed by atoms with E-state index >= 15 is 0 Å². The fourth-order valence-corrected chi connectivity index (χ4v) is 1.06. The molecule has 0 saturated carbocycles. The molecule has 0 N–H and O–H groups in total. The van der Waals surface area contributed by atoms with E-state index in [9.17, 15) is 8.78 Å². The van der Waals surface area contributed by atoms with Crippen LogP contribution in [0.15, 0.2) is 12.1 Å². The van der Waals surface area contributed by atoms with Crippen molar-refractivity contribution in [2.45, 2.75) is 26.7 Å². The van der Waals surface area contributed by atoms with E-state index in [1.165, 1.54) is 6.07 Å². The Morgan fingerprint density at radius 2 is 2.08 bits per heavy atom. The highest BCUT2D eigenvalue weighted by Gasteiger charge is 2.09. The molecule has 12 heavy (non-hydrogen) atoms. The molecule has 0 aliphatic heterocycles. The second-order valence-electron chi connectivity index (χ2n) is 2.71. The third-order valence-electron chi connectivity index (χ3n) is 1.63. The van der Waals surface area contributed by atoms with E-state index in [0.717, 1.165) is 11.3 Å². The number of halogens is 2. The second kappa shape index (κ2) is 3.61. The zero-order valence-electron chi connectivity index (χ0n) is 7.14. The van der Waals surface area contributed by atoms with Crippen molar-refractivity contribution in [3.63, 3.8) is 0 Å². The molecule has 0 bridgehead atoms. The van der Waals surface area contributed by atoms with Gasteiger partial charge in [-0.1, -0.05) is 6.92 Å². The maximum absolute atomic E-state index is 12.2. The molecule has 1 heterocycles. The lowest BCUT2D eigenvalue weighted by atomic mass is 10.2. The number of hydrogen-bond acceptors (Lipinski definition) is 1. The van der Waals surface area contributed by atoms with Crippen LogP contribution in [0, 0.1) is 6.92 Å². The molecule has 0 atom stereocenters. The van der Waals surface area contributed by atoms with Gasteiger partial charge in [0.1, 0.15) is 5.69 Å². The van der Waals surface area contributed by atoms with Crippen LogP contribution >= 0.6 is 0 Å². The van der Waals surface area contributed by atoms with Crippen LogP contribution in [0.3, 0.4) is 0 Å². The van der Waals surface area contributed by atoms with Crippen molar-refractivity contribution in [1.82, 2.24) is 4.98 Å². The molecule has 66 valence electrons. The lowest BCUT2D eigenvalue weighted by Crippen LogP contribution is -1.96. The van der Waals surface area contributed by atoms with Gasteiger partial charge in [-0.15, -0.1) is 0 Å². The molecular weight excluding hydrogens is 160 g/mol. The van der Waals surface area contributed by atoms with Gasteiger partial charge in [-0.3, -0.25) is 4.98 Å². The Balaban J connectivity index is 3.06. The number of pyridine rings is 1. The van der Waals surface area contributed by atoms with Crippen LogP contribution in [0.25, 0.3) is 0 Å². The highest BCUT2D eigenvalue weighted by atomic mass is 19.3. The number of nitrogens with zero attached hydrogens (tertiary/aromatic N) is 1. The Labute approximate surface area is 70.4 Å². The summed E-state index contributed by atoms with van der Waals surface area (Å²) in [6.45, 7) is 3.70. The van der Waals surface area contributed by atoms with Crippen molar-refractivity contribution < 1.29 is 8.78 Å². The van der Waals surface area contributed by atoms with Gasteiger partial charge >= 0.3 is 0 Å². The highest BCUT2D eigenvalue weighted by Crippen LogP contribution is 2.18. The minimum absolute atomic E-state index is 0.119. The van der Waals surface area contributed by atoms with Gasteiger partial charge in [0.25, 0.3) is 6.43 Å². The third kappa shape index (κ3) is 2.00. The first-order chi connectivity index (χ1) is 5.63. The average molecular weight is 171 g/mol. The largest absolute Gasteiger partial charge is 0.280 e. The topological polar surface area (TPSA) is 12.9 Å². The molecule has 0 aliphatic rings. The zero-order valence-corrected chi connectivity index (χ0v) is 7.14. The van der Waals surface area contributed by atoms with Gasteiger partial charge in [-0.05, 0) is 31.0 Å². The summed E-state index contributed by atoms with van der Waals surface area (Å²) in [5.41, 5.74) is 1.45. The first-order valence-electron chi connectivity index (χ1n) is 3.89. The summed E-state index contributed by atoms with van der Waals surface area (Å²) in [5.74, 6) is 0. The van der Waals surface area contributed by atoms with Crippen LogP contribution in [0.1, 0.15) is 30.3 Å². The minimum Gasteiger partial charge on any atom is -0.252 e. The number of alkyl halides is 2.